The van der Waals surface area contributed by atoms with E-state index in [2.05, 4.69) is 0 Å². The summed E-state index contributed by atoms with van der Waals surface area (Å²) >= 11 is 0. The number of ketones is 1. The molecule has 0 aromatic heterocycles. The Bertz CT molecular complexity index is 157. The average molecular weight is 184 g/mol. The van der Waals surface area contributed by atoms with Gasteiger partial charge in [-0.2, -0.15) is 0 Å². The van der Waals surface area contributed by atoms with E-state index in [9.17, 15) is 4.79 Å². The normalized spacial score (nSPS) is 19.3. The van der Waals surface area contributed by atoms with Gasteiger partial charge in [-0.15, -0.1) is 0 Å². The Balaban J connectivity index is 2.13. The van der Waals surface area contributed by atoms with Gasteiger partial charge in [-0.1, -0.05) is 13.8 Å². The largest absolute Gasteiger partial charge is 0.381 e. The predicted molar refractivity (Wildman–Crippen MR) is 52.6 cm³/mol. The van der Waals surface area contributed by atoms with E-state index < -0.39 is 0 Å². The molecular weight excluding hydrogens is 164 g/mol. The molecule has 2 heteroatoms. The van der Waals surface area contributed by atoms with Gasteiger partial charge < -0.3 is 4.74 Å². The Morgan fingerprint density at radius 1 is 1.38 bits per heavy atom. The monoisotopic (exact) mass is 184 g/mol. The molecule has 76 valence electrons. The minimum atomic E-state index is 0.208. The van der Waals surface area contributed by atoms with Crippen molar-refractivity contribution in [2.45, 2.75) is 39.5 Å². The van der Waals surface area contributed by atoms with E-state index in [0.29, 0.717) is 5.78 Å². The maximum absolute atomic E-state index is 11.4. The molecule has 0 N–H and O–H groups in total. The molecule has 1 heterocycles. The van der Waals surface area contributed by atoms with Gasteiger partial charge in [0.15, 0.2) is 0 Å². The molecule has 0 aromatic carbocycles. The highest BCUT2D eigenvalue weighted by atomic mass is 16.5. The molecule has 1 aliphatic heterocycles. The van der Waals surface area contributed by atoms with Gasteiger partial charge >= 0.3 is 0 Å². The molecule has 0 unspecified atom stereocenters. The molecule has 0 aliphatic carbocycles. The topological polar surface area (TPSA) is 26.3 Å². The van der Waals surface area contributed by atoms with Crippen LogP contribution in [0.4, 0.5) is 0 Å². The Kier molecular flexibility index (Phi) is 4.43. The quantitative estimate of drug-likeness (QED) is 0.670. The second kappa shape index (κ2) is 5.38. The minimum Gasteiger partial charge on any atom is -0.381 e. The summed E-state index contributed by atoms with van der Waals surface area (Å²) in [7, 11) is 0. The van der Waals surface area contributed by atoms with E-state index in [0.717, 1.165) is 44.8 Å². The molecule has 2 nitrogen and oxygen atoms in total. The smallest absolute Gasteiger partial charge is 0.135 e. The summed E-state index contributed by atoms with van der Waals surface area (Å²) in [4.78, 5) is 11.4. The predicted octanol–water partition coefficient (Wildman–Crippen LogP) is 2.42. The molecule has 0 saturated carbocycles. The summed E-state index contributed by atoms with van der Waals surface area (Å²) in [6.07, 6.45) is 4.12. The Labute approximate surface area is 80.7 Å². The van der Waals surface area contributed by atoms with Crippen LogP contribution >= 0.6 is 0 Å². The fraction of sp³-hybridized carbons (Fsp3) is 0.909. The highest BCUT2D eigenvalue weighted by Crippen LogP contribution is 2.20. The highest BCUT2D eigenvalue weighted by molar-refractivity contribution is 5.80. The van der Waals surface area contributed by atoms with Crippen molar-refractivity contribution in [2.24, 2.45) is 11.8 Å². The van der Waals surface area contributed by atoms with Gasteiger partial charge in [-0.25, -0.2) is 0 Å². The van der Waals surface area contributed by atoms with Crippen LogP contribution < -0.4 is 0 Å². The third-order valence-electron chi connectivity index (χ3n) is 2.78. The van der Waals surface area contributed by atoms with E-state index in [-0.39, 0.29) is 5.92 Å². The molecule has 0 radical (unpaired) electrons. The third-order valence-corrected chi connectivity index (χ3v) is 2.78. The van der Waals surface area contributed by atoms with Crippen LogP contribution in [0.2, 0.25) is 0 Å². The first kappa shape index (κ1) is 10.7. The van der Waals surface area contributed by atoms with Gasteiger partial charge in [-0.05, 0) is 25.2 Å². The van der Waals surface area contributed by atoms with Gasteiger partial charge in [0, 0.05) is 25.6 Å². The lowest BCUT2D eigenvalue weighted by molar-refractivity contribution is -0.122. The maximum atomic E-state index is 11.4. The molecule has 0 aromatic rings. The number of hydrogen-bond acceptors (Lipinski definition) is 2. The fourth-order valence-corrected chi connectivity index (χ4v) is 1.67. The molecule has 1 rings (SSSR count). The zero-order valence-corrected chi connectivity index (χ0v) is 8.71. The van der Waals surface area contributed by atoms with E-state index in [1.807, 2.05) is 13.8 Å². The Morgan fingerprint density at radius 3 is 2.54 bits per heavy atom. The van der Waals surface area contributed by atoms with Crippen LogP contribution in [0.5, 0.6) is 0 Å². The van der Waals surface area contributed by atoms with Crippen LogP contribution in [-0.4, -0.2) is 19.0 Å². The van der Waals surface area contributed by atoms with Crippen LogP contribution in [-0.2, 0) is 9.53 Å². The number of Topliss-reactive ketones (excluding diaryl/α,β-unsaturated/α-hetero) is 1. The Hall–Kier alpha value is -0.370. The molecular formula is C11H20O2. The molecule has 13 heavy (non-hydrogen) atoms. The average Bonchev–Trinajstić information content (AvgIpc) is 2.15. The standard InChI is InChI=1S/C11H20O2/c1-9(2)11(12)4-3-10-5-7-13-8-6-10/h9-10H,3-8H2,1-2H3. The second-order valence-corrected chi connectivity index (χ2v) is 4.22. The van der Waals surface area contributed by atoms with Crippen LogP contribution in [0, 0.1) is 11.8 Å². The maximum Gasteiger partial charge on any atom is 0.135 e. The first-order chi connectivity index (χ1) is 6.20. The van der Waals surface area contributed by atoms with Crippen molar-refractivity contribution in [1.82, 2.24) is 0 Å². The summed E-state index contributed by atoms with van der Waals surface area (Å²) in [5.41, 5.74) is 0. The molecule has 0 bridgehead atoms. The molecule has 1 aliphatic rings. The van der Waals surface area contributed by atoms with Crippen molar-refractivity contribution < 1.29 is 9.53 Å². The number of carbonyl (C=O) groups excluding carboxylic acids is 1. The van der Waals surface area contributed by atoms with Gasteiger partial charge in [0.25, 0.3) is 0 Å². The van der Waals surface area contributed by atoms with Gasteiger partial charge in [0.1, 0.15) is 5.78 Å². The highest BCUT2D eigenvalue weighted by Gasteiger charge is 2.15. The summed E-state index contributed by atoms with van der Waals surface area (Å²) in [5, 5.41) is 0. The molecule has 0 atom stereocenters. The van der Waals surface area contributed by atoms with Crippen molar-refractivity contribution in [2.75, 3.05) is 13.2 Å². The van der Waals surface area contributed by atoms with Crippen LogP contribution in [0.25, 0.3) is 0 Å². The van der Waals surface area contributed by atoms with Crippen LogP contribution in [0.1, 0.15) is 39.5 Å². The lowest BCUT2D eigenvalue weighted by Crippen LogP contribution is -2.17. The third kappa shape index (κ3) is 3.90. The van der Waals surface area contributed by atoms with Gasteiger partial charge in [-0.3, -0.25) is 4.79 Å². The number of rotatable bonds is 4. The van der Waals surface area contributed by atoms with E-state index in [4.69, 9.17) is 4.74 Å². The number of hydrogen-bond donors (Lipinski definition) is 0. The van der Waals surface area contributed by atoms with E-state index in [1.165, 1.54) is 0 Å². The lowest BCUT2D eigenvalue weighted by Gasteiger charge is -2.21. The summed E-state index contributed by atoms with van der Waals surface area (Å²) in [6.45, 7) is 5.74. The fourth-order valence-electron chi connectivity index (χ4n) is 1.67. The SMILES string of the molecule is CC(C)C(=O)CCC1CCOCC1. The van der Waals surface area contributed by atoms with E-state index >= 15 is 0 Å². The first-order valence-corrected chi connectivity index (χ1v) is 5.30. The first-order valence-electron chi connectivity index (χ1n) is 5.30. The number of carbonyl (C=O) groups is 1. The molecule has 1 fully saturated rings. The van der Waals surface area contributed by atoms with Gasteiger partial charge in [0.05, 0.1) is 0 Å². The molecule has 0 spiro atoms. The zero-order chi connectivity index (χ0) is 9.68. The Morgan fingerprint density at radius 2 is 2.00 bits per heavy atom. The van der Waals surface area contributed by atoms with Crippen LogP contribution in [0.15, 0.2) is 0 Å². The molecule has 0 amide bonds. The lowest BCUT2D eigenvalue weighted by atomic mass is 9.92. The van der Waals surface area contributed by atoms with Crippen molar-refractivity contribution in [3.63, 3.8) is 0 Å². The van der Waals surface area contributed by atoms with Crippen molar-refractivity contribution >= 4 is 5.78 Å². The van der Waals surface area contributed by atoms with Crippen molar-refractivity contribution in [1.29, 1.82) is 0 Å². The summed E-state index contributed by atoms with van der Waals surface area (Å²) in [5.74, 6) is 1.35. The van der Waals surface area contributed by atoms with E-state index in [1.54, 1.807) is 0 Å². The summed E-state index contributed by atoms with van der Waals surface area (Å²) in [6, 6.07) is 0. The zero-order valence-electron chi connectivity index (χ0n) is 8.71. The minimum absolute atomic E-state index is 0.208. The molecule has 1 saturated heterocycles. The van der Waals surface area contributed by atoms with Crippen molar-refractivity contribution in [3.05, 3.63) is 0 Å². The van der Waals surface area contributed by atoms with Crippen LogP contribution in [0.3, 0.4) is 0 Å². The second-order valence-electron chi connectivity index (χ2n) is 4.22. The van der Waals surface area contributed by atoms with Crippen molar-refractivity contribution in [3.8, 4) is 0 Å². The summed E-state index contributed by atoms with van der Waals surface area (Å²) < 4.78 is 5.27. The van der Waals surface area contributed by atoms with Gasteiger partial charge in [0.2, 0.25) is 0 Å². The number of ether oxygens (including phenoxy) is 1.